The highest BCUT2D eigenvalue weighted by Crippen LogP contribution is 2.28. The topological polar surface area (TPSA) is 43.3 Å². The number of hydrogen-bond donors (Lipinski definition) is 1. The zero-order chi connectivity index (χ0) is 19.8. The zero-order valence-corrected chi connectivity index (χ0v) is 20.6. The van der Waals surface area contributed by atoms with Crippen molar-refractivity contribution in [3.05, 3.63) is 35.4 Å². The molecule has 0 atom stereocenters. The minimum absolute atomic E-state index is 0. The number of nitrogens with zero attached hydrogens (tertiary/aromatic N) is 4. The summed E-state index contributed by atoms with van der Waals surface area (Å²) in [5.41, 5.74) is 2.67. The maximum absolute atomic E-state index is 5.74. The molecule has 1 aliphatic carbocycles. The Kier molecular flexibility index (Phi) is 10.7. The van der Waals surface area contributed by atoms with Crippen molar-refractivity contribution in [3.8, 4) is 0 Å². The Morgan fingerprint density at radius 2 is 1.79 bits per heavy atom. The number of hydrogen-bond acceptors (Lipinski definition) is 4. The molecule has 0 unspecified atom stereocenters. The smallest absolute Gasteiger partial charge is 0.193 e. The van der Waals surface area contributed by atoms with Crippen LogP contribution in [0.1, 0.15) is 24.0 Å². The fourth-order valence-electron chi connectivity index (χ4n) is 3.43. The summed E-state index contributed by atoms with van der Waals surface area (Å²) in [6, 6.07) is 8.97. The van der Waals surface area contributed by atoms with Crippen LogP contribution < -0.4 is 5.32 Å². The van der Waals surface area contributed by atoms with Crippen molar-refractivity contribution < 1.29 is 4.74 Å². The van der Waals surface area contributed by atoms with Crippen molar-refractivity contribution in [3.63, 3.8) is 0 Å². The number of rotatable bonds is 9. The van der Waals surface area contributed by atoms with Gasteiger partial charge < -0.3 is 19.9 Å². The summed E-state index contributed by atoms with van der Waals surface area (Å²) in [6.07, 6.45) is 2.68. The van der Waals surface area contributed by atoms with Crippen LogP contribution in [0, 0.1) is 5.92 Å². The summed E-state index contributed by atoms with van der Waals surface area (Å²) in [5, 5.41) is 3.46. The van der Waals surface area contributed by atoms with E-state index in [-0.39, 0.29) is 24.0 Å². The first-order valence-electron chi connectivity index (χ1n) is 10.6. The van der Waals surface area contributed by atoms with Crippen molar-refractivity contribution in [2.24, 2.45) is 10.9 Å². The van der Waals surface area contributed by atoms with Crippen LogP contribution in [0.2, 0.25) is 0 Å². The van der Waals surface area contributed by atoms with E-state index in [1.165, 1.54) is 37.1 Å². The first-order chi connectivity index (χ1) is 13.6. The molecule has 164 valence electrons. The highest BCUT2D eigenvalue weighted by molar-refractivity contribution is 14.0. The van der Waals surface area contributed by atoms with Gasteiger partial charge in [0.05, 0.1) is 6.61 Å². The average Bonchev–Trinajstić information content (AvgIpc) is 3.53. The summed E-state index contributed by atoms with van der Waals surface area (Å²) >= 11 is 0. The van der Waals surface area contributed by atoms with Gasteiger partial charge in [-0.15, -0.1) is 24.0 Å². The molecule has 29 heavy (non-hydrogen) atoms. The molecular formula is C22H38IN5O. The van der Waals surface area contributed by atoms with Gasteiger partial charge in [0.15, 0.2) is 5.96 Å². The number of likely N-dealkylation sites (N-methyl/N-ethyl adjacent to an activating group) is 2. The molecule has 2 aliphatic rings. The lowest BCUT2D eigenvalue weighted by molar-refractivity contribution is 0.115. The van der Waals surface area contributed by atoms with Crippen LogP contribution in [-0.4, -0.2) is 87.7 Å². The molecule has 1 aliphatic heterocycles. The molecular weight excluding hydrogens is 477 g/mol. The minimum atomic E-state index is 0. The molecule has 1 aromatic carbocycles. The number of guanidine groups is 1. The third kappa shape index (κ3) is 8.78. The molecule has 7 heteroatoms. The summed E-state index contributed by atoms with van der Waals surface area (Å²) < 4.78 is 5.74. The molecule has 1 saturated carbocycles. The van der Waals surface area contributed by atoms with Gasteiger partial charge in [0.1, 0.15) is 0 Å². The van der Waals surface area contributed by atoms with Crippen LogP contribution in [0.15, 0.2) is 29.3 Å². The fraction of sp³-hybridized carbons (Fsp3) is 0.682. The van der Waals surface area contributed by atoms with Crippen LogP contribution in [-0.2, 0) is 17.8 Å². The van der Waals surface area contributed by atoms with Crippen molar-refractivity contribution in [1.29, 1.82) is 0 Å². The molecule has 3 rings (SSSR count). The van der Waals surface area contributed by atoms with Gasteiger partial charge in [-0.25, -0.2) is 0 Å². The largest absolute Gasteiger partial charge is 0.379 e. The van der Waals surface area contributed by atoms with E-state index in [9.17, 15) is 0 Å². The molecule has 2 fully saturated rings. The Balaban J connectivity index is 0.00000300. The second-order valence-electron chi connectivity index (χ2n) is 8.24. The first-order valence-corrected chi connectivity index (χ1v) is 10.6. The number of aliphatic imine (C=N–C) groups is 1. The van der Waals surface area contributed by atoms with Gasteiger partial charge in [-0.05, 0) is 36.9 Å². The van der Waals surface area contributed by atoms with Gasteiger partial charge in [-0.2, -0.15) is 0 Å². The molecule has 6 nitrogen and oxygen atoms in total. The first kappa shape index (κ1) is 24.4. The Hall–Kier alpha value is -0.900. The standard InChI is InChI=1S/C22H37N5O.HI/c1-23-22(26(3)14-15-28-18-21-8-9-21)24-16-19-4-6-20(7-5-19)17-27-12-10-25(2)11-13-27;/h4-7,21H,8-18H2,1-3H3,(H,23,24);1H. The molecule has 1 N–H and O–H groups in total. The Bertz CT molecular complexity index is 612. The second-order valence-corrected chi connectivity index (χ2v) is 8.24. The predicted molar refractivity (Wildman–Crippen MR) is 131 cm³/mol. The third-order valence-corrected chi connectivity index (χ3v) is 5.67. The van der Waals surface area contributed by atoms with Gasteiger partial charge in [-0.3, -0.25) is 9.89 Å². The summed E-state index contributed by atoms with van der Waals surface area (Å²) in [6.45, 7) is 9.02. The number of halogens is 1. The summed E-state index contributed by atoms with van der Waals surface area (Å²) in [4.78, 5) is 11.5. The van der Waals surface area contributed by atoms with Gasteiger partial charge in [-0.1, -0.05) is 24.3 Å². The van der Waals surface area contributed by atoms with Crippen molar-refractivity contribution >= 4 is 29.9 Å². The van der Waals surface area contributed by atoms with Gasteiger partial charge in [0.25, 0.3) is 0 Å². The third-order valence-electron chi connectivity index (χ3n) is 5.67. The van der Waals surface area contributed by atoms with Crippen molar-refractivity contribution in [2.75, 3.05) is 67.1 Å². The van der Waals surface area contributed by atoms with Crippen LogP contribution in [0.4, 0.5) is 0 Å². The van der Waals surface area contributed by atoms with Crippen molar-refractivity contribution in [1.82, 2.24) is 20.0 Å². The maximum atomic E-state index is 5.74. The van der Waals surface area contributed by atoms with E-state index in [2.05, 4.69) is 63.4 Å². The molecule has 0 bridgehead atoms. The average molecular weight is 515 g/mol. The van der Waals surface area contributed by atoms with Crippen LogP contribution in [0.3, 0.4) is 0 Å². The lowest BCUT2D eigenvalue weighted by Crippen LogP contribution is -2.43. The maximum Gasteiger partial charge on any atom is 0.193 e. The SMILES string of the molecule is CN=C(NCc1ccc(CN2CCN(C)CC2)cc1)N(C)CCOCC1CC1.I. The molecule has 1 saturated heterocycles. The number of nitrogens with one attached hydrogen (secondary N) is 1. The zero-order valence-electron chi connectivity index (χ0n) is 18.3. The van der Waals surface area contributed by atoms with E-state index in [0.717, 1.165) is 57.8 Å². The van der Waals surface area contributed by atoms with Crippen LogP contribution in [0.5, 0.6) is 0 Å². The van der Waals surface area contributed by atoms with Gasteiger partial charge in [0, 0.05) is 66.5 Å². The number of ether oxygens (including phenoxy) is 1. The van der Waals surface area contributed by atoms with E-state index in [4.69, 9.17) is 4.74 Å². The Morgan fingerprint density at radius 1 is 1.14 bits per heavy atom. The quantitative estimate of drug-likeness (QED) is 0.237. The number of benzene rings is 1. The molecule has 0 spiro atoms. The fourth-order valence-corrected chi connectivity index (χ4v) is 3.43. The van der Waals surface area contributed by atoms with Crippen LogP contribution >= 0.6 is 24.0 Å². The summed E-state index contributed by atoms with van der Waals surface area (Å²) in [5.74, 6) is 1.73. The lowest BCUT2D eigenvalue weighted by Gasteiger charge is -2.32. The Morgan fingerprint density at radius 3 is 2.41 bits per heavy atom. The number of piperazine rings is 1. The lowest BCUT2D eigenvalue weighted by atomic mass is 10.1. The molecule has 0 radical (unpaired) electrons. The predicted octanol–water partition coefficient (Wildman–Crippen LogP) is 2.49. The highest BCUT2D eigenvalue weighted by atomic mass is 127. The normalized spacial score (nSPS) is 18.4. The van der Waals surface area contributed by atoms with Crippen LogP contribution in [0.25, 0.3) is 0 Å². The van der Waals surface area contributed by atoms with E-state index in [0.29, 0.717) is 0 Å². The molecule has 0 aromatic heterocycles. The molecule has 1 heterocycles. The van der Waals surface area contributed by atoms with E-state index in [1.54, 1.807) is 0 Å². The second kappa shape index (κ2) is 12.7. The minimum Gasteiger partial charge on any atom is -0.379 e. The molecule has 0 amide bonds. The van der Waals surface area contributed by atoms with E-state index < -0.39 is 0 Å². The van der Waals surface area contributed by atoms with Gasteiger partial charge in [0.2, 0.25) is 0 Å². The van der Waals surface area contributed by atoms with Crippen molar-refractivity contribution in [2.45, 2.75) is 25.9 Å². The highest BCUT2D eigenvalue weighted by Gasteiger charge is 2.21. The van der Waals surface area contributed by atoms with E-state index >= 15 is 0 Å². The Labute approximate surface area is 193 Å². The van der Waals surface area contributed by atoms with E-state index in [1.807, 2.05) is 7.05 Å². The summed E-state index contributed by atoms with van der Waals surface area (Å²) in [7, 11) is 6.10. The monoisotopic (exact) mass is 515 g/mol. The van der Waals surface area contributed by atoms with Gasteiger partial charge >= 0.3 is 0 Å². The molecule has 1 aromatic rings.